The highest BCUT2D eigenvalue weighted by Gasteiger charge is 2.03. The van der Waals surface area contributed by atoms with Crippen LogP contribution < -0.4 is 10.1 Å². The zero-order valence-electron chi connectivity index (χ0n) is 12.6. The molecule has 0 amide bonds. The summed E-state index contributed by atoms with van der Waals surface area (Å²) in [6, 6.07) is 14.3. The molecular weight excluding hydrogens is 310 g/mol. The summed E-state index contributed by atoms with van der Waals surface area (Å²) in [6.07, 6.45) is 0. The number of H-pyrrole nitrogens is 1. The number of ether oxygens (including phenoxy) is 1. The van der Waals surface area contributed by atoms with Crippen molar-refractivity contribution in [2.45, 2.75) is 13.2 Å². The molecule has 0 bridgehead atoms. The molecule has 0 atom stereocenters. The van der Waals surface area contributed by atoms with Crippen molar-refractivity contribution in [1.82, 2.24) is 20.6 Å². The minimum Gasteiger partial charge on any atom is -0.485 e. The minimum absolute atomic E-state index is 0.246. The van der Waals surface area contributed by atoms with Crippen molar-refractivity contribution in [2.75, 3.05) is 5.32 Å². The van der Waals surface area contributed by atoms with Gasteiger partial charge in [0.1, 0.15) is 5.75 Å². The van der Waals surface area contributed by atoms with Gasteiger partial charge in [0.25, 0.3) is 0 Å². The second-order valence-electron chi connectivity index (χ2n) is 5.00. The molecule has 0 saturated heterocycles. The Morgan fingerprint density at radius 3 is 2.75 bits per heavy atom. The molecule has 0 spiro atoms. The fraction of sp³-hybridized carbons (Fsp3) is 0.125. The Morgan fingerprint density at radius 1 is 1.21 bits per heavy atom. The van der Waals surface area contributed by atoms with Crippen LogP contribution in [0.1, 0.15) is 21.7 Å². The molecule has 8 heteroatoms. The van der Waals surface area contributed by atoms with Crippen molar-refractivity contribution < 1.29 is 14.6 Å². The van der Waals surface area contributed by atoms with Crippen molar-refractivity contribution in [3.05, 3.63) is 65.5 Å². The Morgan fingerprint density at radius 2 is 2.04 bits per heavy atom. The van der Waals surface area contributed by atoms with Gasteiger partial charge >= 0.3 is 5.97 Å². The van der Waals surface area contributed by atoms with Gasteiger partial charge in [-0.2, -0.15) is 5.21 Å². The average Bonchev–Trinajstić information content (AvgIpc) is 3.13. The summed E-state index contributed by atoms with van der Waals surface area (Å²) in [5.74, 6) is 0.247. The third kappa shape index (κ3) is 4.07. The molecule has 3 N–H and O–H groups in total. The Bertz CT molecular complexity index is 803. The van der Waals surface area contributed by atoms with Crippen molar-refractivity contribution >= 4 is 11.7 Å². The largest absolute Gasteiger partial charge is 0.485 e. The van der Waals surface area contributed by atoms with Crippen LogP contribution in [-0.2, 0) is 13.2 Å². The normalized spacial score (nSPS) is 10.3. The number of nitrogens with one attached hydrogen (secondary N) is 2. The summed E-state index contributed by atoms with van der Waals surface area (Å²) in [7, 11) is 0. The first-order valence-electron chi connectivity index (χ1n) is 7.22. The maximum atomic E-state index is 11.0. The van der Waals surface area contributed by atoms with Crippen molar-refractivity contribution in [3.63, 3.8) is 0 Å². The number of carboxylic acid groups (broad SMARTS) is 1. The number of aromatic nitrogens is 4. The Labute approximate surface area is 137 Å². The highest BCUT2D eigenvalue weighted by molar-refractivity contribution is 5.88. The van der Waals surface area contributed by atoms with E-state index in [9.17, 15) is 4.79 Å². The third-order valence-electron chi connectivity index (χ3n) is 3.29. The van der Waals surface area contributed by atoms with Gasteiger partial charge in [-0.25, -0.2) is 4.79 Å². The number of benzene rings is 2. The predicted molar refractivity (Wildman–Crippen MR) is 85.7 cm³/mol. The van der Waals surface area contributed by atoms with E-state index in [1.165, 1.54) is 0 Å². The summed E-state index contributed by atoms with van der Waals surface area (Å²) in [4.78, 5) is 11.0. The lowest BCUT2D eigenvalue weighted by molar-refractivity contribution is 0.0697. The topological polar surface area (TPSA) is 113 Å². The molecule has 0 aliphatic rings. The van der Waals surface area contributed by atoms with Crippen LogP contribution in [0, 0.1) is 0 Å². The van der Waals surface area contributed by atoms with Crippen LogP contribution in [0.4, 0.5) is 5.69 Å². The van der Waals surface area contributed by atoms with E-state index in [4.69, 9.17) is 9.84 Å². The van der Waals surface area contributed by atoms with E-state index in [0.717, 1.165) is 11.3 Å². The van der Waals surface area contributed by atoms with Crippen LogP contribution in [0.5, 0.6) is 5.75 Å². The summed E-state index contributed by atoms with van der Waals surface area (Å²) in [6.45, 7) is 0.824. The average molecular weight is 325 g/mol. The van der Waals surface area contributed by atoms with Gasteiger partial charge in [-0.05, 0) is 35.9 Å². The Kier molecular flexibility index (Phi) is 4.66. The van der Waals surface area contributed by atoms with E-state index in [0.29, 0.717) is 18.1 Å². The zero-order chi connectivity index (χ0) is 16.8. The van der Waals surface area contributed by atoms with Gasteiger partial charge in [0.05, 0.1) is 5.56 Å². The van der Waals surface area contributed by atoms with Gasteiger partial charge < -0.3 is 15.2 Å². The molecule has 3 rings (SSSR count). The molecule has 122 valence electrons. The van der Waals surface area contributed by atoms with Gasteiger partial charge in [-0.1, -0.05) is 23.4 Å². The van der Waals surface area contributed by atoms with E-state index in [-0.39, 0.29) is 12.2 Å². The fourth-order valence-corrected chi connectivity index (χ4v) is 2.06. The second-order valence-corrected chi connectivity index (χ2v) is 5.00. The van der Waals surface area contributed by atoms with Crippen LogP contribution in [0.25, 0.3) is 0 Å². The standard InChI is InChI=1S/C16H15N5O3/c22-16(23)12-2-1-3-13(8-12)17-9-11-4-6-14(7-5-11)24-10-15-18-20-21-19-15/h1-8,17H,9-10H2,(H,22,23)(H,18,19,20,21). The van der Waals surface area contributed by atoms with Gasteiger partial charge in [-0.3, -0.25) is 0 Å². The molecule has 0 aliphatic heterocycles. The molecule has 24 heavy (non-hydrogen) atoms. The van der Waals surface area contributed by atoms with Gasteiger partial charge in [0.2, 0.25) is 5.82 Å². The van der Waals surface area contributed by atoms with Crippen molar-refractivity contribution in [2.24, 2.45) is 0 Å². The van der Waals surface area contributed by atoms with Gasteiger partial charge in [0.15, 0.2) is 6.61 Å². The number of rotatable bonds is 7. The van der Waals surface area contributed by atoms with Crippen LogP contribution in [-0.4, -0.2) is 31.7 Å². The third-order valence-corrected chi connectivity index (χ3v) is 3.29. The smallest absolute Gasteiger partial charge is 0.335 e. The number of carboxylic acids is 1. The number of hydrogen-bond donors (Lipinski definition) is 3. The molecule has 0 saturated carbocycles. The maximum Gasteiger partial charge on any atom is 0.335 e. The second kappa shape index (κ2) is 7.23. The molecule has 0 aliphatic carbocycles. The van der Waals surface area contributed by atoms with E-state index in [1.54, 1.807) is 18.2 Å². The van der Waals surface area contributed by atoms with Crippen LogP contribution in [0.3, 0.4) is 0 Å². The lowest BCUT2D eigenvalue weighted by Gasteiger charge is -2.08. The number of nitrogens with zero attached hydrogens (tertiary/aromatic N) is 3. The van der Waals surface area contributed by atoms with E-state index in [1.807, 2.05) is 30.3 Å². The molecule has 1 heterocycles. The summed E-state index contributed by atoms with van der Waals surface area (Å²) in [5, 5.41) is 25.6. The lowest BCUT2D eigenvalue weighted by atomic mass is 10.2. The molecule has 0 fully saturated rings. The van der Waals surface area contributed by atoms with E-state index >= 15 is 0 Å². The number of tetrazole rings is 1. The first-order chi connectivity index (χ1) is 11.7. The molecule has 1 aromatic heterocycles. The maximum absolute atomic E-state index is 11.0. The van der Waals surface area contributed by atoms with Crippen LogP contribution in [0.2, 0.25) is 0 Å². The lowest BCUT2D eigenvalue weighted by Crippen LogP contribution is -2.02. The first-order valence-corrected chi connectivity index (χ1v) is 7.22. The Hall–Kier alpha value is -3.42. The summed E-state index contributed by atoms with van der Waals surface area (Å²) >= 11 is 0. The number of hydrogen-bond acceptors (Lipinski definition) is 6. The summed E-state index contributed by atoms with van der Waals surface area (Å²) in [5.41, 5.74) is 2.06. The van der Waals surface area contributed by atoms with Gasteiger partial charge in [0, 0.05) is 12.2 Å². The number of aromatic amines is 1. The highest BCUT2D eigenvalue weighted by atomic mass is 16.5. The molecule has 2 aromatic carbocycles. The van der Waals surface area contributed by atoms with E-state index in [2.05, 4.69) is 25.9 Å². The van der Waals surface area contributed by atoms with Crippen LogP contribution >= 0.6 is 0 Å². The Balaban J connectivity index is 1.54. The SMILES string of the molecule is O=C(O)c1cccc(NCc2ccc(OCc3nn[nH]n3)cc2)c1. The molecule has 0 radical (unpaired) electrons. The predicted octanol–water partition coefficient (Wildman–Crippen LogP) is 2.09. The summed E-state index contributed by atoms with van der Waals surface area (Å²) < 4.78 is 5.54. The number of carbonyl (C=O) groups is 1. The fourth-order valence-electron chi connectivity index (χ4n) is 2.06. The van der Waals surface area contributed by atoms with Crippen molar-refractivity contribution in [3.8, 4) is 5.75 Å². The quantitative estimate of drug-likeness (QED) is 0.609. The highest BCUT2D eigenvalue weighted by Crippen LogP contribution is 2.16. The first kappa shape index (κ1) is 15.5. The molecular formula is C16H15N5O3. The monoisotopic (exact) mass is 325 g/mol. The minimum atomic E-state index is -0.943. The van der Waals surface area contributed by atoms with Gasteiger partial charge in [-0.15, -0.1) is 10.2 Å². The van der Waals surface area contributed by atoms with E-state index < -0.39 is 5.97 Å². The van der Waals surface area contributed by atoms with Crippen LogP contribution in [0.15, 0.2) is 48.5 Å². The number of anilines is 1. The molecule has 3 aromatic rings. The van der Waals surface area contributed by atoms with Crippen molar-refractivity contribution in [1.29, 1.82) is 0 Å². The number of aromatic carboxylic acids is 1. The molecule has 8 nitrogen and oxygen atoms in total. The zero-order valence-corrected chi connectivity index (χ0v) is 12.6. The molecule has 0 unspecified atom stereocenters.